The highest BCUT2D eigenvalue weighted by molar-refractivity contribution is 6.30. The number of benzene rings is 2. The first-order chi connectivity index (χ1) is 13.0. The van der Waals surface area contributed by atoms with Gasteiger partial charge in [-0.15, -0.1) is 10.2 Å². The number of hydrogen-bond acceptors (Lipinski definition) is 6. The molecule has 27 heavy (non-hydrogen) atoms. The van der Waals surface area contributed by atoms with Crippen LogP contribution >= 0.6 is 11.6 Å². The highest BCUT2D eigenvalue weighted by Gasteiger charge is 2.10. The van der Waals surface area contributed by atoms with E-state index < -0.39 is 5.97 Å². The van der Waals surface area contributed by atoms with Crippen molar-refractivity contribution in [3.8, 4) is 0 Å². The highest BCUT2D eigenvalue weighted by Crippen LogP contribution is 2.17. The third kappa shape index (κ3) is 4.80. The molecule has 3 aromatic rings. The minimum absolute atomic E-state index is 0.166. The van der Waals surface area contributed by atoms with Gasteiger partial charge in [0.05, 0.1) is 12.7 Å². The van der Waals surface area contributed by atoms with Crippen LogP contribution in [0.25, 0.3) is 0 Å². The zero-order valence-electron chi connectivity index (χ0n) is 14.3. The van der Waals surface area contributed by atoms with E-state index >= 15 is 0 Å². The third-order valence-corrected chi connectivity index (χ3v) is 3.81. The van der Waals surface area contributed by atoms with Gasteiger partial charge >= 0.3 is 5.97 Å². The number of hydrogen-bond donors (Lipinski definition) is 2. The van der Waals surface area contributed by atoms with Crippen molar-refractivity contribution < 1.29 is 14.3 Å². The number of anilines is 3. The molecule has 1 heterocycles. The topological polar surface area (TPSA) is 93.2 Å². The minimum Gasteiger partial charge on any atom is -0.465 e. The Labute approximate surface area is 160 Å². The van der Waals surface area contributed by atoms with E-state index in [1.165, 1.54) is 7.11 Å². The molecule has 0 aliphatic rings. The van der Waals surface area contributed by atoms with Gasteiger partial charge in [-0.2, -0.15) is 0 Å². The van der Waals surface area contributed by atoms with E-state index in [0.29, 0.717) is 27.8 Å². The predicted molar refractivity (Wildman–Crippen MR) is 103 cm³/mol. The Morgan fingerprint density at radius 1 is 0.963 bits per heavy atom. The number of carbonyl (C=O) groups excluding carboxylic acids is 2. The van der Waals surface area contributed by atoms with Crippen LogP contribution in [0.15, 0.2) is 60.7 Å². The van der Waals surface area contributed by atoms with Gasteiger partial charge in [0, 0.05) is 16.4 Å². The van der Waals surface area contributed by atoms with Gasteiger partial charge in [-0.3, -0.25) is 4.79 Å². The number of esters is 1. The van der Waals surface area contributed by atoms with Gasteiger partial charge < -0.3 is 15.4 Å². The van der Waals surface area contributed by atoms with E-state index in [1.54, 1.807) is 60.7 Å². The zero-order chi connectivity index (χ0) is 19.2. The molecule has 1 aromatic heterocycles. The normalized spacial score (nSPS) is 10.1. The first-order valence-electron chi connectivity index (χ1n) is 7.91. The number of amides is 1. The summed E-state index contributed by atoms with van der Waals surface area (Å²) in [7, 11) is 1.32. The summed E-state index contributed by atoms with van der Waals surface area (Å²) in [4.78, 5) is 23.8. The molecule has 2 aromatic carbocycles. The third-order valence-electron chi connectivity index (χ3n) is 3.56. The van der Waals surface area contributed by atoms with Crippen LogP contribution in [0.5, 0.6) is 0 Å². The van der Waals surface area contributed by atoms with E-state index in [9.17, 15) is 9.59 Å². The monoisotopic (exact) mass is 382 g/mol. The molecular weight excluding hydrogens is 368 g/mol. The van der Waals surface area contributed by atoms with Gasteiger partial charge in [-0.1, -0.05) is 17.7 Å². The van der Waals surface area contributed by atoms with Gasteiger partial charge in [0.1, 0.15) is 0 Å². The number of nitrogens with zero attached hydrogens (tertiary/aromatic N) is 2. The fourth-order valence-electron chi connectivity index (χ4n) is 2.24. The second-order valence-corrected chi connectivity index (χ2v) is 5.90. The number of ether oxygens (including phenoxy) is 1. The summed E-state index contributed by atoms with van der Waals surface area (Å²) in [6.07, 6.45) is 0. The molecule has 136 valence electrons. The van der Waals surface area contributed by atoms with Crippen LogP contribution in [0.3, 0.4) is 0 Å². The van der Waals surface area contributed by atoms with E-state index in [0.717, 1.165) is 0 Å². The van der Waals surface area contributed by atoms with Crippen LogP contribution in [0, 0.1) is 0 Å². The summed E-state index contributed by atoms with van der Waals surface area (Å²) in [5.41, 5.74) is 1.83. The lowest BCUT2D eigenvalue weighted by atomic mass is 10.2. The Morgan fingerprint density at radius 3 is 2.41 bits per heavy atom. The molecule has 0 fully saturated rings. The molecule has 0 aliphatic carbocycles. The highest BCUT2D eigenvalue weighted by atomic mass is 35.5. The predicted octanol–water partition coefficient (Wildman–Crippen LogP) is 3.91. The molecule has 8 heteroatoms. The molecule has 0 spiro atoms. The standard InChI is InChI=1S/C19H15ClN4O3/c1-27-19(26)12-3-2-4-15(11-12)21-17-10-9-16(23-24-17)18(25)22-14-7-5-13(20)6-8-14/h2-11H,1H3,(H,21,24)(H,22,25). The van der Waals surface area contributed by atoms with Crippen molar-refractivity contribution >= 4 is 40.7 Å². The fraction of sp³-hybridized carbons (Fsp3) is 0.0526. The molecule has 1 amide bonds. The molecule has 0 radical (unpaired) electrons. The quantitative estimate of drug-likeness (QED) is 0.650. The van der Waals surface area contributed by atoms with Crippen molar-refractivity contribution in [2.45, 2.75) is 0 Å². The SMILES string of the molecule is COC(=O)c1cccc(Nc2ccc(C(=O)Nc3ccc(Cl)cc3)nn2)c1. The molecule has 3 rings (SSSR count). The first kappa shape index (κ1) is 18.3. The van der Waals surface area contributed by atoms with Crippen molar-refractivity contribution in [2.75, 3.05) is 17.7 Å². The lowest BCUT2D eigenvalue weighted by Gasteiger charge is -2.08. The maximum atomic E-state index is 12.2. The van der Waals surface area contributed by atoms with Crippen molar-refractivity contribution in [3.05, 3.63) is 76.9 Å². The van der Waals surface area contributed by atoms with E-state index in [-0.39, 0.29) is 11.6 Å². The Morgan fingerprint density at radius 2 is 1.74 bits per heavy atom. The summed E-state index contributed by atoms with van der Waals surface area (Å²) in [5.74, 6) is -0.386. The van der Waals surface area contributed by atoms with Gasteiger partial charge in [0.25, 0.3) is 5.91 Å². The lowest BCUT2D eigenvalue weighted by molar-refractivity contribution is 0.0600. The summed E-state index contributed by atoms with van der Waals surface area (Å²) in [6, 6.07) is 16.7. The van der Waals surface area contributed by atoms with Crippen LogP contribution < -0.4 is 10.6 Å². The number of nitrogens with one attached hydrogen (secondary N) is 2. The van der Waals surface area contributed by atoms with Gasteiger partial charge in [0.15, 0.2) is 11.5 Å². The molecule has 2 N–H and O–H groups in total. The molecule has 0 atom stereocenters. The number of methoxy groups -OCH3 is 1. The van der Waals surface area contributed by atoms with Crippen molar-refractivity contribution in [1.29, 1.82) is 0 Å². The van der Waals surface area contributed by atoms with Crippen LogP contribution in [0.2, 0.25) is 5.02 Å². The maximum absolute atomic E-state index is 12.2. The Hall–Kier alpha value is -3.45. The lowest BCUT2D eigenvalue weighted by Crippen LogP contribution is -2.14. The molecule has 0 bridgehead atoms. The van der Waals surface area contributed by atoms with Crippen molar-refractivity contribution in [1.82, 2.24) is 10.2 Å². The fourth-order valence-corrected chi connectivity index (χ4v) is 2.36. The molecule has 7 nitrogen and oxygen atoms in total. The van der Waals surface area contributed by atoms with Gasteiger partial charge in [-0.25, -0.2) is 4.79 Å². The Balaban J connectivity index is 1.67. The molecular formula is C19H15ClN4O3. The zero-order valence-corrected chi connectivity index (χ0v) is 15.0. The molecule has 0 aliphatic heterocycles. The second-order valence-electron chi connectivity index (χ2n) is 5.46. The number of rotatable bonds is 5. The Kier molecular flexibility index (Phi) is 5.63. The summed E-state index contributed by atoms with van der Waals surface area (Å²) < 4.78 is 4.69. The summed E-state index contributed by atoms with van der Waals surface area (Å²) in [6.45, 7) is 0. The molecule has 0 saturated carbocycles. The van der Waals surface area contributed by atoms with Crippen LogP contribution in [-0.4, -0.2) is 29.2 Å². The summed E-state index contributed by atoms with van der Waals surface area (Å²) >= 11 is 5.82. The van der Waals surface area contributed by atoms with Gasteiger partial charge in [0.2, 0.25) is 0 Å². The van der Waals surface area contributed by atoms with Crippen molar-refractivity contribution in [2.24, 2.45) is 0 Å². The van der Waals surface area contributed by atoms with E-state index in [2.05, 4.69) is 20.8 Å². The van der Waals surface area contributed by atoms with Crippen LogP contribution in [0.1, 0.15) is 20.8 Å². The average molecular weight is 383 g/mol. The number of halogens is 1. The second kappa shape index (κ2) is 8.29. The van der Waals surface area contributed by atoms with E-state index in [1.807, 2.05) is 0 Å². The van der Waals surface area contributed by atoms with Gasteiger partial charge in [-0.05, 0) is 54.6 Å². The largest absolute Gasteiger partial charge is 0.465 e. The maximum Gasteiger partial charge on any atom is 0.337 e. The molecule has 0 unspecified atom stereocenters. The Bertz CT molecular complexity index is 959. The smallest absolute Gasteiger partial charge is 0.337 e. The van der Waals surface area contributed by atoms with Crippen LogP contribution in [-0.2, 0) is 4.74 Å². The molecule has 0 saturated heterocycles. The minimum atomic E-state index is -0.432. The summed E-state index contributed by atoms with van der Waals surface area (Å²) in [5, 5.41) is 14.2. The first-order valence-corrected chi connectivity index (χ1v) is 8.29. The van der Waals surface area contributed by atoms with Crippen molar-refractivity contribution in [3.63, 3.8) is 0 Å². The van der Waals surface area contributed by atoms with E-state index in [4.69, 9.17) is 16.3 Å². The average Bonchev–Trinajstić information content (AvgIpc) is 2.70. The number of carbonyl (C=O) groups is 2. The number of aromatic nitrogens is 2. The van der Waals surface area contributed by atoms with Crippen LogP contribution in [0.4, 0.5) is 17.2 Å².